The molecule has 1 rings (SSSR count). The lowest BCUT2D eigenvalue weighted by atomic mass is 9.89. The Morgan fingerprint density at radius 2 is 1.93 bits per heavy atom. The quantitative estimate of drug-likeness (QED) is 0.746. The van der Waals surface area contributed by atoms with Crippen LogP contribution in [0.5, 0.6) is 5.75 Å². The summed E-state index contributed by atoms with van der Waals surface area (Å²) < 4.78 is 5.19. The van der Waals surface area contributed by atoms with Crippen molar-refractivity contribution in [3.8, 4) is 5.75 Å². The molecule has 84 valence electrons. The van der Waals surface area contributed by atoms with E-state index in [9.17, 15) is 0 Å². The second kappa shape index (κ2) is 4.89. The molecule has 0 aromatic heterocycles. The van der Waals surface area contributed by atoms with Crippen LogP contribution in [0.1, 0.15) is 32.8 Å². The zero-order valence-corrected chi connectivity index (χ0v) is 10.7. The first-order valence-corrected chi connectivity index (χ1v) is 5.63. The van der Waals surface area contributed by atoms with Gasteiger partial charge in [-0.3, -0.25) is 0 Å². The largest absolute Gasteiger partial charge is 0.495 e. The van der Waals surface area contributed by atoms with Gasteiger partial charge in [0, 0.05) is 0 Å². The summed E-state index contributed by atoms with van der Waals surface area (Å²) in [6.45, 7) is 6.71. The summed E-state index contributed by atoms with van der Waals surface area (Å²) >= 11 is 6.21. The van der Waals surface area contributed by atoms with Crippen molar-refractivity contribution in [1.29, 1.82) is 0 Å². The van der Waals surface area contributed by atoms with E-state index in [0.29, 0.717) is 5.41 Å². The molecular formula is C13H19ClO. The highest BCUT2D eigenvalue weighted by atomic mass is 35.5. The molecule has 2 heteroatoms. The molecule has 0 bridgehead atoms. The zero-order chi connectivity index (χ0) is 11.5. The Kier molecular flexibility index (Phi) is 4.04. The first-order valence-electron chi connectivity index (χ1n) is 5.25. The van der Waals surface area contributed by atoms with Gasteiger partial charge in [-0.1, -0.05) is 44.5 Å². The van der Waals surface area contributed by atoms with Gasteiger partial charge < -0.3 is 4.74 Å². The van der Waals surface area contributed by atoms with Crippen molar-refractivity contribution in [3.63, 3.8) is 0 Å². The van der Waals surface area contributed by atoms with Gasteiger partial charge in [0.05, 0.1) is 12.1 Å². The third-order valence-corrected chi connectivity index (χ3v) is 2.84. The summed E-state index contributed by atoms with van der Waals surface area (Å²) in [7, 11) is 1.65. The lowest BCUT2D eigenvalue weighted by molar-refractivity contribution is 0.377. The van der Waals surface area contributed by atoms with E-state index in [4.69, 9.17) is 16.3 Å². The maximum Gasteiger partial charge on any atom is 0.137 e. The number of hydrogen-bond donors (Lipinski definition) is 0. The van der Waals surface area contributed by atoms with Gasteiger partial charge >= 0.3 is 0 Å². The molecule has 0 fully saturated rings. The normalized spacial score (nSPS) is 11.5. The first-order chi connectivity index (χ1) is 6.94. The molecular weight excluding hydrogens is 208 g/mol. The van der Waals surface area contributed by atoms with Crippen molar-refractivity contribution in [1.82, 2.24) is 0 Å². The fourth-order valence-electron chi connectivity index (χ4n) is 1.42. The molecule has 15 heavy (non-hydrogen) atoms. The molecule has 0 unspecified atom stereocenters. The molecule has 0 N–H and O–H groups in total. The molecule has 0 atom stereocenters. The van der Waals surface area contributed by atoms with Crippen molar-refractivity contribution in [2.45, 2.75) is 33.6 Å². The molecule has 0 amide bonds. The molecule has 1 nitrogen and oxygen atoms in total. The van der Waals surface area contributed by atoms with Crippen LogP contribution < -0.4 is 4.74 Å². The third kappa shape index (κ3) is 3.75. The standard InChI is InChI=1S/C13H19ClO/c1-13(2,3)9-8-10-6-5-7-11(15-4)12(10)14/h5-7H,8-9H2,1-4H3. The van der Waals surface area contributed by atoms with Crippen LogP contribution in [0.2, 0.25) is 5.02 Å². The van der Waals surface area contributed by atoms with Gasteiger partial charge in [-0.25, -0.2) is 0 Å². The van der Waals surface area contributed by atoms with E-state index in [1.54, 1.807) is 7.11 Å². The summed E-state index contributed by atoms with van der Waals surface area (Å²) in [4.78, 5) is 0. The van der Waals surface area contributed by atoms with E-state index in [2.05, 4.69) is 26.8 Å². The number of hydrogen-bond acceptors (Lipinski definition) is 1. The molecule has 0 aliphatic heterocycles. The Bertz CT molecular complexity index is 326. The predicted molar refractivity (Wildman–Crippen MR) is 65.8 cm³/mol. The summed E-state index contributed by atoms with van der Waals surface area (Å²) in [5.74, 6) is 0.767. The van der Waals surface area contributed by atoms with Gasteiger partial charge in [0.2, 0.25) is 0 Å². The van der Waals surface area contributed by atoms with Crippen LogP contribution >= 0.6 is 11.6 Å². The summed E-state index contributed by atoms with van der Waals surface area (Å²) in [6.07, 6.45) is 2.12. The number of halogens is 1. The van der Waals surface area contributed by atoms with Gasteiger partial charge in [-0.05, 0) is 29.9 Å². The Morgan fingerprint density at radius 1 is 1.27 bits per heavy atom. The average molecular weight is 227 g/mol. The summed E-state index contributed by atoms with van der Waals surface area (Å²) in [6, 6.07) is 5.95. The van der Waals surface area contributed by atoms with Gasteiger partial charge in [-0.15, -0.1) is 0 Å². The Morgan fingerprint density at radius 3 is 2.47 bits per heavy atom. The van der Waals surface area contributed by atoms with Gasteiger partial charge in [0.15, 0.2) is 0 Å². The van der Waals surface area contributed by atoms with Crippen LogP contribution in [0, 0.1) is 5.41 Å². The van der Waals surface area contributed by atoms with Crippen molar-refractivity contribution >= 4 is 11.6 Å². The minimum absolute atomic E-state index is 0.340. The van der Waals surface area contributed by atoms with Crippen LogP contribution in [-0.2, 0) is 6.42 Å². The maximum absolute atomic E-state index is 6.21. The van der Waals surface area contributed by atoms with Crippen molar-refractivity contribution in [2.24, 2.45) is 5.41 Å². The Labute approximate surface area is 97.4 Å². The number of methoxy groups -OCH3 is 1. The number of ether oxygens (including phenoxy) is 1. The van der Waals surface area contributed by atoms with E-state index >= 15 is 0 Å². The average Bonchev–Trinajstić information content (AvgIpc) is 2.15. The fraction of sp³-hybridized carbons (Fsp3) is 0.538. The van der Waals surface area contributed by atoms with E-state index < -0.39 is 0 Å². The fourth-order valence-corrected chi connectivity index (χ4v) is 1.71. The number of benzene rings is 1. The second-order valence-corrected chi connectivity index (χ2v) is 5.37. The monoisotopic (exact) mass is 226 g/mol. The van der Waals surface area contributed by atoms with Crippen LogP contribution in [0.3, 0.4) is 0 Å². The molecule has 0 saturated heterocycles. The van der Waals surface area contributed by atoms with E-state index in [1.165, 1.54) is 5.56 Å². The lowest BCUT2D eigenvalue weighted by Crippen LogP contribution is -2.06. The third-order valence-electron chi connectivity index (χ3n) is 2.41. The van der Waals surface area contributed by atoms with Crippen molar-refractivity contribution in [2.75, 3.05) is 7.11 Å². The molecule has 0 spiro atoms. The minimum atomic E-state index is 0.340. The van der Waals surface area contributed by atoms with Gasteiger partial charge in [-0.2, -0.15) is 0 Å². The molecule has 0 heterocycles. The Balaban J connectivity index is 2.78. The number of rotatable bonds is 3. The maximum atomic E-state index is 6.21. The van der Waals surface area contributed by atoms with Crippen LogP contribution in [0.4, 0.5) is 0 Å². The highest BCUT2D eigenvalue weighted by Crippen LogP contribution is 2.30. The molecule has 1 aromatic carbocycles. The molecule has 1 aromatic rings. The molecule has 0 aliphatic rings. The van der Waals surface area contributed by atoms with E-state index in [-0.39, 0.29) is 0 Å². The van der Waals surface area contributed by atoms with Crippen LogP contribution in [0.15, 0.2) is 18.2 Å². The molecule has 0 saturated carbocycles. The molecule has 0 radical (unpaired) electrons. The van der Waals surface area contributed by atoms with Crippen LogP contribution in [-0.4, -0.2) is 7.11 Å². The van der Waals surface area contributed by atoms with Crippen molar-refractivity contribution < 1.29 is 4.74 Å². The van der Waals surface area contributed by atoms with Gasteiger partial charge in [0.25, 0.3) is 0 Å². The minimum Gasteiger partial charge on any atom is -0.495 e. The van der Waals surface area contributed by atoms with Crippen molar-refractivity contribution in [3.05, 3.63) is 28.8 Å². The second-order valence-electron chi connectivity index (χ2n) is 4.99. The highest BCUT2D eigenvalue weighted by Gasteiger charge is 2.12. The highest BCUT2D eigenvalue weighted by molar-refractivity contribution is 6.32. The SMILES string of the molecule is COc1cccc(CCC(C)(C)C)c1Cl. The van der Waals surface area contributed by atoms with E-state index in [0.717, 1.165) is 23.6 Å². The number of aryl methyl sites for hydroxylation is 1. The lowest BCUT2D eigenvalue weighted by Gasteiger charge is -2.18. The van der Waals surface area contributed by atoms with Crippen LogP contribution in [0.25, 0.3) is 0 Å². The molecule has 0 aliphatic carbocycles. The Hall–Kier alpha value is -0.690. The topological polar surface area (TPSA) is 9.23 Å². The summed E-state index contributed by atoms with van der Waals surface area (Å²) in [5, 5.41) is 0.754. The van der Waals surface area contributed by atoms with E-state index in [1.807, 2.05) is 12.1 Å². The van der Waals surface area contributed by atoms with Gasteiger partial charge in [0.1, 0.15) is 5.75 Å². The smallest absolute Gasteiger partial charge is 0.137 e. The zero-order valence-electron chi connectivity index (χ0n) is 9.93. The first kappa shape index (κ1) is 12.4. The predicted octanol–water partition coefficient (Wildman–Crippen LogP) is 4.33. The summed E-state index contributed by atoms with van der Waals surface area (Å²) in [5.41, 5.74) is 1.51.